The highest BCUT2D eigenvalue weighted by atomic mass is 15.2. The van der Waals surface area contributed by atoms with Crippen molar-refractivity contribution in [1.29, 1.82) is 0 Å². The van der Waals surface area contributed by atoms with Crippen LogP contribution in [0.1, 0.15) is 25.5 Å². The Morgan fingerprint density at radius 3 is 2.44 bits per heavy atom. The predicted octanol–water partition coefficient (Wildman–Crippen LogP) is 4.67. The van der Waals surface area contributed by atoms with Gasteiger partial charge in [-0.3, -0.25) is 9.97 Å². The van der Waals surface area contributed by atoms with Crippen molar-refractivity contribution < 1.29 is 0 Å². The van der Waals surface area contributed by atoms with Gasteiger partial charge in [0.05, 0.1) is 11.6 Å². The molecular formula is C22H21N5. The van der Waals surface area contributed by atoms with Gasteiger partial charge in [0.1, 0.15) is 5.82 Å². The summed E-state index contributed by atoms with van der Waals surface area (Å²) in [5, 5.41) is 1.05. The molecule has 0 amide bonds. The van der Waals surface area contributed by atoms with Crippen molar-refractivity contribution in [3.05, 3.63) is 78.9 Å². The third-order valence-corrected chi connectivity index (χ3v) is 4.77. The molecule has 0 aliphatic rings. The van der Waals surface area contributed by atoms with Gasteiger partial charge in [-0.1, -0.05) is 18.2 Å². The summed E-state index contributed by atoms with van der Waals surface area (Å²) in [6.45, 7) is 5.16. The molecule has 0 saturated heterocycles. The number of rotatable bonds is 5. The SMILES string of the molecule is CCN(c1nc(-c2ccncc2)nc2ccccc12)C(C)c1cccnc1. The molecule has 3 aromatic heterocycles. The lowest BCUT2D eigenvalue weighted by atomic mass is 10.1. The Labute approximate surface area is 158 Å². The van der Waals surface area contributed by atoms with Crippen LogP contribution >= 0.6 is 0 Å². The molecule has 3 heterocycles. The Hall–Kier alpha value is -3.34. The van der Waals surface area contributed by atoms with Gasteiger partial charge < -0.3 is 4.90 Å². The predicted molar refractivity (Wildman–Crippen MR) is 108 cm³/mol. The van der Waals surface area contributed by atoms with Gasteiger partial charge in [0.2, 0.25) is 0 Å². The Bertz CT molecular complexity index is 1030. The van der Waals surface area contributed by atoms with Gasteiger partial charge in [0.15, 0.2) is 5.82 Å². The molecular weight excluding hydrogens is 334 g/mol. The second kappa shape index (κ2) is 7.50. The number of anilines is 1. The Kier molecular flexibility index (Phi) is 4.75. The highest BCUT2D eigenvalue weighted by Crippen LogP contribution is 2.32. The Morgan fingerprint density at radius 1 is 0.889 bits per heavy atom. The van der Waals surface area contributed by atoms with E-state index in [9.17, 15) is 0 Å². The Balaban J connectivity index is 1.88. The van der Waals surface area contributed by atoms with Crippen LogP contribution in [0.25, 0.3) is 22.3 Å². The summed E-state index contributed by atoms with van der Waals surface area (Å²) >= 11 is 0. The molecule has 4 aromatic rings. The third-order valence-electron chi connectivity index (χ3n) is 4.77. The van der Waals surface area contributed by atoms with E-state index >= 15 is 0 Å². The van der Waals surface area contributed by atoms with E-state index in [0.29, 0.717) is 5.82 Å². The van der Waals surface area contributed by atoms with Gasteiger partial charge in [-0.25, -0.2) is 9.97 Å². The van der Waals surface area contributed by atoms with Crippen molar-refractivity contribution in [3.8, 4) is 11.4 Å². The van der Waals surface area contributed by atoms with Crippen LogP contribution in [0.4, 0.5) is 5.82 Å². The zero-order valence-electron chi connectivity index (χ0n) is 15.4. The van der Waals surface area contributed by atoms with Crippen LogP contribution in [0, 0.1) is 0 Å². The second-order valence-electron chi connectivity index (χ2n) is 6.37. The van der Waals surface area contributed by atoms with Crippen LogP contribution in [0.5, 0.6) is 0 Å². The minimum Gasteiger partial charge on any atom is -0.349 e. The van der Waals surface area contributed by atoms with Gasteiger partial charge in [0, 0.05) is 42.3 Å². The highest BCUT2D eigenvalue weighted by Gasteiger charge is 2.20. The van der Waals surface area contributed by atoms with E-state index in [1.165, 1.54) is 0 Å². The lowest BCUT2D eigenvalue weighted by Crippen LogP contribution is -2.28. The summed E-state index contributed by atoms with van der Waals surface area (Å²) in [4.78, 5) is 20.4. The maximum atomic E-state index is 4.96. The minimum absolute atomic E-state index is 0.146. The molecule has 0 fully saturated rings. The molecule has 1 unspecified atom stereocenters. The van der Waals surface area contributed by atoms with Crippen LogP contribution in [0.2, 0.25) is 0 Å². The number of aromatic nitrogens is 4. The average molecular weight is 355 g/mol. The summed E-state index contributed by atoms with van der Waals surface area (Å²) in [6, 6.07) is 16.3. The zero-order valence-corrected chi connectivity index (χ0v) is 15.4. The van der Waals surface area contributed by atoms with E-state index in [2.05, 4.69) is 40.8 Å². The lowest BCUT2D eigenvalue weighted by Gasteiger charge is -2.30. The van der Waals surface area contributed by atoms with Gasteiger partial charge in [-0.2, -0.15) is 0 Å². The fraction of sp³-hybridized carbons (Fsp3) is 0.182. The molecule has 134 valence electrons. The molecule has 1 atom stereocenters. The van der Waals surface area contributed by atoms with E-state index in [4.69, 9.17) is 9.97 Å². The number of hydrogen-bond acceptors (Lipinski definition) is 5. The number of pyridine rings is 2. The van der Waals surface area contributed by atoms with Crippen molar-refractivity contribution in [2.45, 2.75) is 19.9 Å². The van der Waals surface area contributed by atoms with Crippen LogP contribution in [0.15, 0.2) is 73.3 Å². The number of hydrogen-bond donors (Lipinski definition) is 0. The molecule has 0 saturated carbocycles. The number of nitrogens with zero attached hydrogens (tertiary/aromatic N) is 5. The molecule has 0 spiro atoms. The monoisotopic (exact) mass is 355 g/mol. The topological polar surface area (TPSA) is 54.8 Å². The number of benzene rings is 1. The van der Waals surface area contributed by atoms with Crippen LogP contribution in [-0.2, 0) is 0 Å². The number of para-hydroxylation sites is 1. The summed E-state index contributed by atoms with van der Waals surface area (Å²) < 4.78 is 0. The first-order valence-electron chi connectivity index (χ1n) is 9.11. The van der Waals surface area contributed by atoms with E-state index in [-0.39, 0.29) is 6.04 Å². The van der Waals surface area contributed by atoms with Crippen LogP contribution < -0.4 is 4.90 Å². The first-order valence-corrected chi connectivity index (χ1v) is 9.11. The molecule has 5 nitrogen and oxygen atoms in total. The molecule has 27 heavy (non-hydrogen) atoms. The lowest BCUT2D eigenvalue weighted by molar-refractivity contribution is 0.680. The number of fused-ring (bicyclic) bond motifs is 1. The van der Waals surface area contributed by atoms with Gasteiger partial charge in [-0.05, 0) is 49.7 Å². The first kappa shape index (κ1) is 17.1. The zero-order chi connectivity index (χ0) is 18.6. The second-order valence-corrected chi connectivity index (χ2v) is 6.37. The van der Waals surface area contributed by atoms with Crippen LogP contribution in [-0.4, -0.2) is 26.5 Å². The van der Waals surface area contributed by atoms with Crippen LogP contribution in [0.3, 0.4) is 0 Å². The molecule has 0 bridgehead atoms. The van der Waals surface area contributed by atoms with Crippen molar-refractivity contribution in [2.24, 2.45) is 0 Å². The average Bonchev–Trinajstić information content (AvgIpc) is 2.75. The van der Waals surface area contributed by atoms with Gasteiger partial charge in [0.25, 0.3) is 0 Å². The molecule has 0 radical (unpaired) electrons. The highest BCUT2D eigenvalue weighted by molar-refractivity contribution is 5.91. The minimum atomic E-state index is 0.146. The van der Waals surface area contributed by atoms with E-state index in [1.807, 2.05) is 42.6 Å². The molecule has 4 rings (SSSR count). The summed E-state index contributed by atoms with van der Waals surface area (Å²) in [5.41, 5.74) is 3.06. The largest absolute Gasteiger partial charge is 0.349 e. The van der Waals surface area contributed by atoms with E-state index < -0.39 is 0 Å². The van der Waals surface area contributed by atoms with Crippen molar-refractivity contribution in [2.75, 3.05) is 11.4 Å². The fourth-order valence-corrected chi connectivity index (χ4v) is 3.32. The van der Waals surface area contributed by atoms with E-state index in [0.717, 1.165) is 34.4 Å². The Morgan fingerprint density at radius 2 is 1.70 bits per heavy atom. The molecule has 0 aliphatic heterocycles. The van der Waals surface area contributed by atoms with Crippen molar-refractivity contribution >= 4 is 16.7 Å². The quantitative estimate of drug-likeness (QED) is 0.520. The molecule has 1 aromatic carbocycles. The first-order chi connectivity index (χ1) is 13.3. The van der Waals surface area contributed by atoms with Gasteiger partial charge >= 0.3 is 0 Å². The van der Waals surface area contributed by atoms with Crippen molar-refractivity contribution in [3.63, 3.8) is 0 Å². The van der Waals surface area contributed by atoms with Gasteiger partial charge in [-0.15, -0.1) is 0 Å². The summed E-state index contributed by atoms with van der Waals surface area (Å²) in [5.74, 6) is 1.65. The summed E-state index contributed by atoms with van der Waals surface area (Å²) in [7, 11) is 0. The van der Waals surface area contributed by atoms with E-state index in [1.54, 1.807) is 18.6 Å². The smallest absolute Gasteiger partial charge is 0.162 e. The summed E-state index contributed by atoms with van der Waals surface area (Å²) in [6.07, 6.45) is 7.25. The molecule has 0 aliphatic carbocycles. The third kappa shape index (κ3) is 3.36. The fourth-order valence-electron chi connectivity index (χ4n) is 3.32. The van der Waals surface area contributed by atoms with Crippen molar-refractivity contribution in [1.82, 2.24) is 19.9 Å². The maximum Gasteiger partial charge on any atom is 0.162 e. The normalized spacial score (nSPS) is 12.1. The standard InChI is InChI=1S/C22H21N5/c1-3-27(16(2)18-7-6-12-24-15-18)22-19-8-4-5-9-20(19)25-21(26-22)17-10-13-23-14-11-17/h4-16H,3H2,1-2H3. The molecule has 5 heteroatoms. The maximum absolute atomic E-state index is 4.96. The molecule has 0 N–H and O–H groups in total.